The molecular weight excluding hydrogens is 238 g/mol. The van der Waals surface area contributed by atoms with Crippen LogP contribution in [0.2, 0.25) is 0 Å². The maximum atomic E-state index is 4.92. The summed E-state index contributed by atoms with van der Waals surface area (Å²) in [6.07, 6.45) is 7.63. The molecule has 0 aliphatic heterocycles. The van der Waals surface area contributed by atoms with Gasteiger partial charge in [-0.05, 0) is 62.6 Å². The van der Waals surface area contributed by atoms with Crippen LogP contribution in [-0.2, 0) is 0 Å². The zero-order chi connectivity index (χ0) is 13.3. The van der Waals surface area contributed by atoms with Crippen molar-refractivity contribution >= 4 is 17.4 Å². The van der Waals surface area contributed by atoms with Crippen molar-refractivity contribution in [3.05, 3.63) is 11.6 Å². The molecule has 0 amide bonds. The lowest BCUT2D eigenvalue weighted by Crippen LogP contribution is -2.47. The largest absolute Gasteiger partial charge is 0.228 e. The van der Waals surface area contributed by atoms with E-state index in [9.17, 15) is 0 Å². The van der Waals surface area contributed by atoms with Crippen LogP contribution in [0.4, 0.5) is 0 Å². The van der Waals surface area contributed by atoms with Crippen molar-refractivity contribution in [2.75, 3.05) is 0 Å². The summed E-state index contributed by atoms with van der Waals surface area (Å²) in [7, 11) is 0. The van der Waals surface area contributed by atoms with E-state index in [0.717, 1.165) is 5.92 Å². The highest BCUT2D eigenvalue weighted by Gasteiger charge is 2.50. The van der Waals surface area contributed by atoms with Crippen LogP contribution < -0.4 is 0 Å². The first kappa shape index (κ1) is 14.0. The molecule has 1 nitrogen and oxygen atoms in total. The zero-order valence-corrected chi connectivity index (χ0v) is 12.9. The molecule has 0 unspecified atom stereocenters. The third kappa shape index (κ3) is 2.21. The lowest BCUT2D eigenvalue weighted by molar-refractivity contribution is 0.0647. The van der Waals surface area contributed by atoms with Crippen molar-refractivity contribution in [2.45, 2.75) is 59.4 Å². The minimum absolute atomic E-state index is 0.267. The second-order valence-electron chi connectivity index (χ2n) is 6.65. The second-order valence-corrected chi connectivity index (χ2v) is 6.84. The lowest BCUT2D eigenvalue weighted by Gasteiger charge is -2.48. The van der Waals surface area contributed by atoms with Crippen molar-refractivity contribution in [3.8, 4) is 0 Å². The topological polar surface area (TPSA) is 12.4 Å². The van der Waals surface area contributed by atoms with Gasteiger partial charge in [0, 0.05) is 5.41 Å². The van der Waals surface area contributed by atoms with Gasteiger partial charge in [-0.25, -0.2) is 4.99 Å². The number of rotatable bonds is 2. The van der Waals surface area contributed by atoms with Crippen molar-refractivity contribution in [3.63, 3.8) is 0 Å². The summed E-state index contributed by atoms with van der Waals surface area (Å²) in [5.41, 5.74) is 1.80. The molecule has 1 fully saturated rings. The number of aliphatic imine (C=N–C) groups is 1. The molecule has 0 heterocycles. The summed E-state index contributed by atoms with van der Waals surface area (Å²) < 4.78 is 0. The molecule has 2 aliphatic carbocycles. The fourth-order valence-electron chi connectivity index (χ4n) is 4.17. The number of nitrogens with zero attached hydrogens (tertiary/aromatic N) is 1. The van der Waals surface area contributed by atoms with Gasteiger partial charge in [-0.3, -0.25) is 0 Å². The van der Waals surface area contributed by atoms with E-state index < -0.39 is 0 Å². The third-order valence-corrected chi connectivity index (χ3v) is 5.43. The maximum absolute atomic E-state index is 4.92. The van der Waals surface area contributed by atoms with E-state index in [4.69, 9.17) is 12.2 Å². The molecule has 1 saturated carbocycles. The van der Waals surface area contributed by atoms with Gasteiger partial charge >= 0.3 is 0 Å². The SMILES string of the molecule is CC1=C[C@]2(CC1)[C@@H](C)CC[C@H](C(C)C)[C@@H]2N=C=S. The van der Waals surface area contributed by atoms with Crippen molar-refractivity contribution in [1.29, 1.82) is 0 Å². The highest BCUT2D eigenvalue weighted by atomic mass is 32.1. The molecule has 2 rings (SSSR count). The predicted octanol–water partition coefficient (Wildman–Crippen LogP) is 4.89. The Balaban J connectivity index is 2.42. The molecule has 1 spiro atoms. The summed E-state index contributed by atoms with van der Waals surface area (Å²) >= 11 is 4.92. The van der Waals surface area contributed by atoms with Gasteiger partial charge in [0.25, 0.3) is 0 Å². The van der Waals surface area contributed by atoms with Crippen LogP contribution in [0.5, 0.6) is 0 Å². The predicted molar refractivity (Wildman–Crippen MR) is 81.0 cm³/mol. The fraction of sp³-hybridized carbons (Fsp3) is 0.812. The van der Waals surface area contributed by atoms with Crippen molar-refractivity contribution < 1.29 is 0 Å². The van der Waals surface area contributed by atoms with Gasteiger partial charge in [-0.2, -0.15) is 0 Å². The van der Waals surface area contributed by atoms with E-state index >= 15 is 0 Å². The first-order valence-electron chi connectivity index (χ1n) is 7.26. The Kier molecular flexibility index (Phi) is 4.08. The molecule has 100 valence electrons. The molecule has 0 saturated heterocycles. The Hall–Kier alpha value is -0.460. The van der Waals surface area contributed by atoms with Gasteiger partial charge in [0.1, 0.15) is 0 Å². The van der Waals surface area contributed by atoms with E-state index in [0.29, 0.717) is 17.9 Å². The molecular formula is C16H25NS. The Bertz CT molecular complexity index is 392. The average Bonchev–Trinajstić information content (AvgIpc) is 2.69. The quantitative estimate of drug-likeness (QED) is 0.393. The minimum atomic E-state index is 0.267. The molecule has 0 radical (unpaired) electrons. The number of isothiocyanates is 1. The summed E-state index contributed by atoms with van der Waals surface area (Å²) in [6, 6.07) is 0.358. The van der Waals surface area contributed by atoms with E-state index in [1.54, 1.807) is 0 Å². The van der Waals surface area contributed by atoms with Crippen molar-refractivity contribution in [2.24, 2.45) is 28.2 Å². The Morgan fingerprint density at radius 2 is 2.17 bits per heavy atom. The number of allylic oxidation sites excluding steroid dienone is 1. The maximum Gasteiger partial charge on any atom is 0.0726 e. The summed E-state index contributed by atoms with van der Waals surface area (Å²) in [4.78, 5) is 4.63. The van der Waals surface area contributed by atoms with E-state index in [2.05, 4.69) is 43.9 Å². The van der Waals surface area contributed by atoms with Crippen LogP contribution >= 0.6 is 12.2 Å². The summed E-state index contributed by atoms with van der Waals surface area (Å²) in [5.74, 6) is 2.07. The molecule has 0 aromatic rings. The smallest absolute Gasteiger partial charge is 0.0726 e. The molecule has 0 aromatic heterocycles. The van der Waals surface area contributed by atoms with Gasteiger partial charge in [0.05, 0.1) is 11.2 Å². The monoisotopic (exact) mass is 263 g/mol. The van der Waals surface area contributed by atoms with E-state index in [1.165, 1.54) is 31.3 Å². The molecule has 2 aliphatic rings. The average molecular weight is 263 g/mol. The zero-order valence-electron chi connectivity index (χ0n) is 12.1. The Labute approximate surface area is 117 Å². The summed E-state index contributed by atoms with van der Waals surface area (Å²) in [5, 5.41) is 2.69. The molecule has 18 heavy (non-hydrogen) atoms. The Morgan fingerprint density at radius 1 is 1.44 bits per heavy atom. The molecule has 0 aromatic carbocycles. The van der Waals surface area contributed by atoms with Gasteiger partial charge in [0.2, 0.25) is 0 Å². The minimum Gasteiger partial charge on any atom is -0.228 e. The van der Waals surface area contributed by atoms with Gasteiger partial charge in [-0.1, -0.05) is 32.4 Å². The highest BCUT2D eigenvalue weighted by molar-refractivity contribution is 7.78. The summed E-state index contributed by atoms with van der Waals surface area (Å²) in [6.45, 7) is 9.31. The molecule has 0 bridgehead atoms. The van der Waals surface area contributed by atoms with Crippen LogP contribution in [0.25, 0.3) is 0 Å². The van der Waals surface area contributed by atoms with Gasteiger partial charge < -0.3 is 0 Å². The van der Waals surface area contributed by atoms with Crippen LogP contribution in [0, 0.1) is 23.2 Å². The van der Waals surface area contributed by atoms with E-state index in [1.807, 2.05) is 0 Å². The van der Waals surface area contributed by atoms with Crippen LogP contribution in [0.1, 0.15) is 53.4 Å². The number of hydrogen-bond acceptors (Lipinski definition) is 2. The van der Waals surface area contributed by atoms with Gasteiger partial charge in [0.15, 0.2) is 0 Å². The van der Waals surface area contributed by atoms with Crippen LogP contribution in [-0.4, -0.2) is 11.2 Å². The molecule has 0 N–H and O–H groups in total. The number of thiocarbonyl (C=S) groups is 1. The second kappa shape index (κ2) is 5.27. The van der Waals surface area contributed by atoms with E-state index in [-0.39, 0.29) is 5.41 Å². The highest BCUT2D eigenvalue weighted by Crippen LogP contribution is 2.54. The normalized spacial score (nSPS) is 39.8. The first-order chi connectivity index (χ1) is 8.51. The molecule has 4 atom stereocenters. The Morgan fingerprint density at radius 3 is 2.67 bits per heavy atom. The third-order valence-electron chi connectivity index (χ3n) is 5.32. The first-order valence-corrected chi connectivity index (χ1v) is 7.67. The van der Waals surface area contributed by atoms with Crippen LogP contribution in [0.15, 0.2) is 16.6 Å². The standard InChI is InChI=1S/C16H25NS/c1-11(2)14-6-5-13(4)16(15(14)17-10-18)8-7-12(3)9-16/h9,11,13-15H,5-8H2,1-4H3/t13-,14+,15-,16+/m0/s1. The van der Waals surface area contributed by atoms with Gasteiger partial charge in [-0.15, -0.1) is 0 Å². The molecule has 2 heteroatoms. The lowest BCUT2D eigenvalue weighted by atomic mass is 9.58. The van der Waals surface area contributed by atoms with Crippen LogP contribution in [0.3, 0.4) is 0 Å². The van der Waals surface area contributed by atoms with Crippen molar-refractivity contribution in [1.82, 2.24) is 0 Å². The fourth-order valence-corrected chi connectivity index (χ4v) is 4.28. The number of hydrogen-bond donors (Lipinski definition) is 0.